The largest absolute Gasteiger partial charge is 0.458 e. The minimum Gasteiger partial charge on any atom is -0.458 e. The molecule has 2 aromatic carbocycles. The number of esters is 1. The summed E-state index contributed by atoms with van der Waals surface area (Å²) in [5.74, 6) is -5.16. The minimum absolute atomic E-state index is 0.000370. The number of ether oxygens (including phenoxy) is 6. The summed E-state index contributed by atoms with van der Waals surface area (Å²) >= 11 is 0. The van der Waals surface area contributed by atoms with Gasteiger partial charge in [0, 0.05) is 47.5 Å². The van der Waals surface area contributed by atoms with Crippen molar-refractivity contribution in [2.75, 3.05) is 60.0 Å². The summed E-state index contributed by atoms with van der Waals surface area (Å²) in [6.45, 7) is -2.58. The van der Waals surface area contributed by atoms with Gasteiger partial charge < -0.3 is 101 Å². The predicted molar refractivity (Wildman–Crippen MR) is 295 cm³/mol. The Kier molecular flexibility index (Phi) is 19.6. The molecular weight excluding hydrogens is 1150 g/mol. The van der Waals surface area contributed by atoms with Gasteiger partial charge in [-0.15, -0.1) is 0 Å². The molecule has 1 aliphatic carbocycles. The molecule has 9 atom stereocenters. The van der Waals surface area contributed by atoms with E-state index in [4.69, 9.17) is 28.7 Å². The summed E-state index contributed by atoms with van der Waals surface area (Å²) < 4.78 is 33.8. The van der Waals surface area contributed by atoms with Gasteiger partial charge in [0.1, 0.15) is 62.5 Å². The number of alkyl carbamates (subject to hydrolysis) is 1. The van der Waals surface area contributed by atoms with Crippen LogP contribution in [0.4, 0.5) is 4.79 Å². The fourth-order valence-electron chi connectivity index (χ4n) is 11.0. The number of aliphatic hydroxyl groups excluding tert-OH is 4. The summed E-state index contributed by atoms with van der Waals surface area (Å²) in [5, 5.41) is 71.6. The second kappa shape index (κ2) is 27.2. The van der Waals surface area contributed by atoms with E-state index in [1.807, 2.05) is 0 Å². The van der Waals surface area contributed by atoms with E-state index in [1.54, 1.807) is 49.4 Å². The molecule has 0 bridgehead atoms. The molecule has 0 unspecified atom stereocenters. The van der Waals surface area contributed by atoms with Crippen molar-refractivity contribution in [1.82, 2.24) is 52.1 Å². The Bertz CT molecular complexity index is 3420. The minimum atomic E-state index is -2.04. The first kappa shape index (κ1) is 62.7. The van der Waals surface area contributed by atoms with E-state index in [-0.39, 0.29) is 63.3 Å². The van der Waals surface area contributed by atoms with Gasteiger partial charge in [0.25, 0.3) is 5.56 Å². The van der Waals surface area contributed by atoms with Crippen molar-refractivity contribution >= 4 is 64.3 Å². The lowest BCUT2D eigenvalue weighted by Gasteiger charge is -2.40. The molecule has 8 amide bonds. The number of rotatable bonds is 24. The number of hydrogen-bond acceptors (Lipinski definition) is 22. The summed E-state index contributed by atoms with van der Waals surface area (Å²) in [7, 11) is 1.03. The van der Waals surface area contributed by atoms with Crippen molar-refractivity contribution in [3.63, 3.8) is 0 Å². The number of nitrogens with one attached hydrogen (secondary N) is 8. The Labute approximate surface area is 494 Å². The number of carbonyl (C=O) groups excluding carboxylic acids is 9. The number of nitrogens with zero attached hydrogens (tertiary/aromatic N) is 2. The lowest BCUT2D eigenvalue weighted by molar-refractivity contribution is -0.227. The number of aryl methyl sites for hydroxylation is 1. The zero-order chi connectivity index (χ0) is 62.3. The number of methoxy groups -OCH3 is 1. The van der Waals surface area contributed by atoms with Crippen LogP contribution in [0.25, 0.3) is 22.3 Å². The Balaban J connectivity index is 0.740. The SMILES string of the molecule is CC[C@@]1(O)C(=O)OCc2c1cc1n(c2=O)Cc2c-1nc1cc3c(c4c1c2[C@@H](NC(=O)COCNC(=O)CNC(=O)[C@H](Cc1ccccc1)NC(=O)CNC(=O)CNC(=O)[C@H](CCC(=O)NC[C@@H]1O[C@H](CO)[C@@H](O)[C@H](O)[C@H]1O)NC(=O)OC)CC4)OCO3. The van der Waals surface area contributed by atoms with Crippen molar-refractivity contribution in [2.45, 2.75) is 113 Å². The van der Waals surface area contributed by atoms with Crippen molar-refractivity contribution in [2.24, 2.45) is 0 Å². The van der Waals surface area contributed by atoms with Crippen LogP contribution in [0.2, 0.25) is 0 Å². The van der Waals surface area contributed by atoms with E-state index < -0.39 is 153 Å². The van der Waals surface area contributed by atoms with Crippen LogP contribution in [-0.2, 0) is 88.9 Å². The number of cyclic esters (lactones) is 1. The molecule has 4 aliphatic heterocycles. The van der Waals surface area contributed by atoms with Gasteiger partial charge in [0.15, 0.2) is 17.1 Å². The zero-order valence-electron chi connectivity index (χ0n) is 47.1. The topological polar surface area (TPSA) is 441 Å². The number of fused-ring (bicyclic) bond motifs is 7. The highest BCUT2D eigenvalue weighted by Gasteiger charge is 2.47. The average molecular weight is 1220 g/mol. The molecule has 466 valence electrons. The molecule has 0 saturated carbocycles. The van der Waals surface area contributed by atoms with Crippen LogP contribution in [-0.4, -0.2) is 191 Å². The summed E-state index contributed by atoms with van der Waals surface area (Å²) in [6, 6.07) is 8.60. The van der Waals surface area contributed by atoms with E-state index in [0.29, 0.717) is 57.9 Å². The third kappa shape index (κ3) is 13.7. The molecule has 1 saturated heterocycles. The molecule has 1 fully saturated rings. The highest BCUT2D eigenvalue weighted by atomic mass is 16.7. The molecule has 4 aromatic rings. The number of carbonyl (C=O) groups is 9. The van der Waals surface area contributed by atoms with Crippen molar-refractivity contribution in [3.05, 3.63) is 86.2 Å². The van der Waals surface area contributed by atoms with Gasteiger partial charge in [-0.05, 0) is 42.9 Å². The van der Waals surface area contributed by atoms with E-state index in [0.717, 1.165) is 18.1 Å². The Morgan fingerprint density at radius 2 is 1.51 bits per heavy atom. The predicted octanol–water partition coefficient (Wildman–Crippen LogP) is -4.46. The van der Waals surface area contributed by atoms with Crippen LogP contribution in [0.15, 0.2) is 47.3 Å². The van der Waals surface area contributed by atoms with Gasteiger partial charge in [-0.1, -0.05) is 37.3 Å². The van der Waals surface area contributed by atoms with Crippen LogP contribution in [0.1, 0.15) is 72.0 Å². The van der Waals surface area contributed by atoms with E-state index in [1.165, 1.54) is 4.57 Å². The van der Waals surface area contributed by atoms with E-state index in [2.05, 4.69) is 47.3 Å². The van der Waals surface area contributed by atoms with Crippen LogP contribution < -0.4 is 57.6 Å². The van der Waals surface area contributed by atoms with Crippen LogP contribution in [0, 0.1) is 0 Å². The highest BCUT2D eigenvalue weighted by Crippen LogP contribution is 2.50. The molecule has 31 nitrogen and oxygen atoms in total. The molecular formula is C56H66N10O21. The normalized spacial score (nSPS) is 21.8. The van der Waals surface area contributed by atoms with Gasteiger partial charge in [0.05, 0.1) is 68.4 Å². The first-order valence-electron chi connectivity index (χ1n) is 27.9. The molecule has 0 radical (unpaired) electrons. The second-order valence-electron chi connectivity index (χ2n) is 21.1. The smallest absolute Gasteiger partial charge is 0.407 e. The number of hydrogen-bond donors (Lipinski definition) is 13. The van der Waals surface area contributed by atoms with E-state index in [9.17, 15) is 73.5 Å². The quantitative estimate of drug-likeness (QED) is 0.0157. The van der Waals surface area contributed by atoms with Crippen molar-refractivity contribution < 1.29 is 97.1 Å². The average Bonchev–Trinajstić information content (AvgIpc) is 1.63. The molecule has 31 heteroatoms. The zero-order valence-corrected chi connectivity index (χ0v) is 47.1. The molecule has 2 aromatic heterocycles. The van der Waals surface area contributed by atoms with E-state index >= 15 is 0 Å². The molecule has 0 spiro atoms. The molecule has 9 rings (SSSR count). The third-order valence-corrected chi connectivity index (χ3v) is 15.6. The molecule has 13 N–H and O–H groups in total. The standard InChI is InChI=1S/C56H66N10O21/c1-3-56(81)30-14-35-46-28(20-66(35)53(78)29(30)22-84-54(56)79)45-31(10-9-27-44(45)33(64-46)15-36-50(27)86-25-85-36)62-43(72)23-83-24-61-41(70)18-60-52(77)34(13-26-7-5-4-6-8-26)63-42(71)19-58-40(69)17-59-51(76)32(65-55(80)82-2)11-12-39(68)57-16-37-47(73)49(75)48(74)38(21-67)87-37/h4-8,14-15,31-32,34,37-38,47-49,67,73-75,81H,3,9-13,16-25H2,1-2H3,(H,57,68)(H,58,69)(H,59,76)(H,60,77)(H,61,70)(H,62,72)(H,63,71)(H,65,80)/t31-,32-,34-,37-,38+,47-,48+,49+,56-/m0/s1. The lowest BCUT2D eigenvalue weighted by atomic mass is 9.82. The van der Waals surface area contributed by atoms with Crippen LogP contribution in [0.3, 0.4) is 0 Å². The second-order valence-corrected chi connectivity index (χ2v) is 21.1. The number of amides is 8. The van der Waals surface area contributed by atoms with Crippen LogP contribution >= 0.6 is 0 Å². The molecule has 6 heterocycles. The fraction of sp³-hybridized carbons (Fsp3) is 0.482. The van der Waals surface area contributed by atoms with Gasteiger partial charge in [-0.25, -0.2) is 14.6 Å². The number of aliphatic hydroxyl groups is 5. The van der Waals surface area contributed by atoms with Gasteiger partial charge in [0.2, 0.25) is 48.1 Å². The highest BCUT2D eigenvalue weighted by molar-refractivity contribution is 5.97. The summed E-state index contributed by atoms with van der Waals surface area (Å²) in [4.78, 5) is 136. The Morgan fingerprint density at radius 3 is 2.23 bits per heavy atom. The van der Waals surface area contributed by atoms with Crippen LogP contribution in [0.5, 0.6) is 11.5 Å². The maximum atomic E-state index is 14.1. The van der Waals surface area contributed by atoms with Gasteiger partial charge in [-0.3, -0.25) is 38.4 Å². The number of benzene rings is 2. The van der Waals surface area contributed by atoms with Crippen molar-refractivity contribution in [1.29, 1.82) is 0 Å². The van der Waals surface area contributed by atoms with Gasteiger partial charge >= 0.3 is 12.1 Å². The number of aromatic nitrogens is 2. The molecule has 5 aliphatic rings. The monoisotopic (exact) mass is 1210 g/mol. The lowest BCUT2D eigenvalue weighted by Crippen LogP contribution is -2.60. The van der Waals surface area contributed by atoms with Crippen molar-refractivity contribution in [3.8, 4) is 22.9 Å². The molecule has 87 heavy (non-hydrogen) atoms. The van der Waals surface area contributed by atoms with Gasteiger partial charge in [-0.2, -0.15) is 0 Å². The Hall–Kier alpha value is -8.85. The third-order valence-electron chi connectivity index (χ3n) is 15.6. The Morgan fingerprint density at radius 1 is 0.793 bits per heavy atom. The number of pyridine rings is 2. The summed E-state index contributed by atoms with van der Waals surface area (Å²) in [5.41, 5.74) is 1.91. The first-order valence-corrected chi connectivity index (χ1v) is 27.9. The summed E-state index contributed by atoms with van der Waals surface area (Å²) in [6.07, 6.45) is -8.26. The maximum Gasteiger partial charge on any atom is 0.407 e. The fourth-order valence-corrected chi connectivity index (χ4v) is 11.0. The first-order chi connectivity index (χ1) is 41.7. The maximum absolute atomic E-state index is 14.1.